The molecule has 2 aromatic heterocycles. The van der Waals surface area contributed by atoms with Gasteiger partial charge in [-0.05, 0) is 60.7 Å². The van der Waals surface area contributed by atoms with Gasteiger partial charge < -0.3 is 9.64 Å². The topological polar surface area (TPSA) is 55.3 Å². The van der Waals surface area contributed by atoms with Crippen LogP contribution in [0.5, 0.6) is 11.6 Å². The second kappa shape index (κ2) is 7.99. The van der Waals surface area contributed by atoms with Crippen molar-refractivity contribution in [3.05, 3.63) is 84.3 Å². The average molecular weight is 359 g/mol. The molecule has 1 aliphatic heterocycles. The summed E-state index contributed by atoms with van der Waals surface area (Å²) in [5.41, 5.74) is 1.92. The van der Waals surface area contributed by atoms with Gasteiger partial charge in [0.1, 0.15) is 5.75 Å². The zero-order chi connectivity index (χ0) is 18.5. The Hall–Kier alpha value is -3.21. The molecule has 136 valence electrons. The fourth-order valence-corrected chi connectivity index (χ4v) is 3.44. The predicted octanol–water partition coefficient (Wildman–Crippen LogP) is 3.97. The maximum atomic E-state index is 12.9. The Labute approximate surface area is 158 Å². The van der Waals surface area contributed by atoms with Gasteiger partial charge in [-0.3, -0.25) is 9.78 Å². The largest absolute Gasteiger partial charge is 0.439 e. The first-order valence-electron chi connectivity index (χ1n) is 9.15. The molecule has 0 bridgehead atoms. The molecule has 1 fully saturated rings. The average Bonchev–Trinajstić information content (AvgIpc) is 3.18. The first-order chi connectivity index (χ1) is 13.3. The normalized spacial score (nSPS) is 16.3. The van der Waals surface area contributed by atoms with Crippen molar-refractivity contribution < 1.29 is 9.53 Å². The van der Waals surface area contributed by atoms with E-state index in [1.165, 1.54) is 5.56 Å². The molecule has 5 heteroatoms. The second-order valence-corrected chi connectivity index (χ2v) is 6.76. The Kier molecular flexibility index (Phi) is 5.10. The van der Waals surface area contributed by atoms with Crippen LogP contribution in [-0.4, -0.2) is 33.9 Å². The van der Waals surface area contributed by atoms with Gasteiger partial charge in [-0.2, -0.15) is 0 Å². The quantitative estimate of drug-likeness (QED) is 0.692. The van der Waals surface area contributed by atoms with Gasteiger partial charge in [-0.15, -0.1) is 0 Å². The summed E-state index contributed by atoms with van der Waals surface area (Å²) in [6.45, 7) is 1.58. The Morgan fingerprint density at radius 1 is 1.07 bits per heavy atom. The van der Waals surface area contributed by atoms with E-state index in [1.54, 1.807) is 18.3 Å². The smallest absolute Gasteiger partial charge is 0.253 e. The van der Waals surface area contributed by atoms with Gasteiger partial charge in [-0.25, -0.2) is 4.98 Å². The number of amides is 1. The van der Waals surface area contributed by atoms with Crippen molar-refractivity contribution in [2.24, 2.45) is 5.92 Å². The molecule has 1 amide bonds. The van der Waals surface area contributed by atoms with Crippen molar-refractivity contribution in [3.63, 3.8) is 0 Å². The number of benzene rings is 1. The summed E-state index contributed by atoms with van der Waals surface area (Å²) < 4.78 is 5.74. The van der Waals surface area contributed by atoms with Crippen molar-refractivity contribution in [1.29, 1.82) is 0 Å². The zero-order valence-electron chi connectivity index (χ0n) is 15.0. The van der Waals surface area contributed by atoms with Crippen molar-refractivity contribution in [2.45, 2.75) is 12.8 Å². The van der Waals surface area contributed by atoms with Crippen molar-refractivity contribution >= 4 is 5.91 Å². The maximum absolute atomic E-state index is 12.9. The van der Waals surface area contributed by atoms with Gasteiger partial charge in [0.05, 0.1) is 0 Å². The van der Waals surface area contributed by atoms with Crippen molar-refractivity contribution in [1.82, 2.24) is 14.9 Å². The lowest BCUT2D eigenvalue weighted by atomic mass is 10.00. The molecule has 1 aliphatic rings. The number of rotatable bonds is 5. The molecule has 1 aromatic carbocycles. The molecule has 0 N–H and O–H groups in total. The maximum Gasteiger partial charge on any atom is 0.253 e. The van der Waals surface area contributed by atoms with Crippen LogP contribution < -0.4 is 4.74 Å². The summed E-state index contributed by atoms with van der Waals surface area (Å²) in [5, 5.41) is 0. The van der Waals surface area contributed by atoms with E-state index in [1.807, 2.05) is 59.8 Å². The van der Waals surface area contributed by atoms with E-state index in [2.05, 4.69) is 9.97 Å². The molecule has 0 spiro atoms. The van der Waals surface area contributed by atoms with Crippen molar-refractivity contribution in [2.75, 3.05) is 13.1 Å². The summed E-state index contributed by atoms with van der Waals surface area (Å²) in [6, 6.07) is 16.9. The molecule has 0 radical (unpaired) electrons. The Bertz CT molecular complexity index is 900. The molecule has 3 heterocycles. The Balaban J connectivity index is 1.40. The molecule has 0 saturated carbocycles. The highest BCUT2D eigenvalue weighted by Crippen LogP contribution is 2.25. The van der Waals surface area contributed by atoms with Gasteiger partial charge in [0.25, 0.3) is 5.91 Å². The molecule has 27 heavy (non-hydrogen) atoms. The molecule has 3 aromatic rings. The lowest BCUT2D eigenvalue weighted by Crippen LogP contribution is -2.28. The van der Waals surface area contributed by atoms with E-state index in [9.17, 15) is 4.79 Å². The second-order valence-electron chi connectivity index (χ2n) is 6.76. The van der Waals surface area contributed by atoms with Crippen LogP contribution in [-0.2, 0) is 6.42 Å². The molecule has 0 aliphatic carbocycles. The highest BCUT2D eigenvalue weighted by molar-refractivity contribution is 5.94. The van der Waals surface area contributed by atoms with E-state index in [0.717, 1.165) is 25.9 Å². The fraction of sp³-hybridized carbons (Fsp3) is 0.227. The standard InChI is InChI=1S/C22H21N3O2/c26-22(25-13-9-18(16-25)14-17-7-11-23-12-8-17)19-4-3-5-20(15-19)27-21-6-1-2-10-24-21/h1-8,10-12,15,18H,9,13-14,16H2. The molecule has 4 rings (SSSR count). The molecular formula is C22H21N3O2. The van der Waals surface area contributed by atoms with Crippen LogP contribution >= 0.6 is 0 Å². The Morgan fingerprint density at radius 2 is 1.96 bits per heavy atom. The minimum absolute atomic E-state index is 0.0544. The van der Waals surface area contributed by atoms with E-state index < -0.39 is 0 Å². The van der Waals surface area contributed by atoms with Crippen LogP contribution in [0, 0.1) is 5.92 Å². The van der Waals surface area contributed by atoms with Crippen LogP contribution in [0.3, 0.4) is 0 Å². The first-order valence-corrected chi connectivity index (χ1v) is 9.15. The minimum atomic E-state index is 0.0544. The summed E-state index contributed by atoms with van der Waals surface area (Å²) in [7, 11) is 0. The number of carbonyl (C=O) groups excluding carboxylic acids is 1. The monoisotopic (exact) mass is 359 g/mol. The first kappa shape index (κ1) is 17.2. The number of carbonyl (C=O) groups is 1. The van der Waals surface area contributed by atoms with Crippen LogP contribution in [0.4, 0.5) is 0 Å². The minimum Gasteiger partial charge on any atom is -0.439 e. The number of aromatic nitrogens is 2. The summed E-state index contributed by atoms with van der Waals surface area (Å²) in [5.74, 6) is 1.68. The number of ether oxygens (including phenoxy) is 1. The third-order valence-electron chi connectivity index (χ3n) is 4.79. The van der Waals surface area contributed by atoms with E-state index in [4.69, 9.17) is 4.74 Å². The number of likely N-dealkylation sites (tertiary alicyclic amines) is 1. The third-order valence-corrected chi connectivity index (χ3v) is 4.79. The molecule has 1 unspecified atom stereocenters. The SMILES string of the molecule is O=C(c1cccc(Oc2ccccn2)c1)N1CCC(Cc2ccncc2)C1. The fourth-order valence-electron chi connectivity index (χ4n) is 3.44. The number of pyridine rings is 2. The molecular weight excluding hydrogens is 338 g/mol. The predicted molar refractivity (Wildman–Crippen MR) is 103 cm³/mol. The van der Waals surface area contributed by atoms with Gasteiger partial charge in [0, 0.05) is 43.3 Å². The molecule has 5 nitrogen and oxygen atoms in total. The Morgan fingerprint density at radius 3 is 2.78 bits per heavy atom. The van der Waals surface area contributed by atoms with Gasteiger partial charge in [-0.1, -0.05) is 12.1 Å². The van der Waals surface area contributed by atoms with Crippen LogP contribution in [0.1, 0.15) is 22.3 Å². The number of hydrogen-bond donors (Lipinski definition) is 0. The lowest BCUT2D eigenvalue weighted by Gasteiger charge is -2.17. The van der Waals surface area contributed by atoms with Gasteiger partial charge >= 0.3 is 0 Å². The van der Waals surface area contributed by atoms with E-state index >= 15 is 0 Å². The van der Waals surface area contributed by atoms with Gasteiger partial charge in [0.15, 0.2) is 0 Å². The third kappa shape index (κ3) is 4.31. The lowest BCUT2D eigenvalue weighted by molar-refractivity contribution is 0.0786. The van der Waals surface area contributed by atoms with Gasteiger partial charge in [0.2, 0.25) is 5.88 Å². The van der Waals surface area contributed by atoms with E-state index in [0.29, 0.717) is 23.1 Å². The summed E-state index contributed by atoms with van der Waals surface area (Å²) >= 11 is 0. The van der Waals surface area contributed by atoms with E-state index in [-0.39, 0.29) is 5.91 Å². The van der Waals surface area contributed by atoms with Crippen molar-refractivity contribution in [3.8, 4) is 11.6 Å². The highest BCUT2D eigenvalue weighted by atomic mass is 16.5. The molecule has 1 saturated heterocycles. The number of nitrogens with zero attached hydrogens (tertiary/aromatic N) is 3. The zero-order valence-corrected chi connectivity index (χ0v) is 15.0. The van der Waals surface area contributed by atoms with Crippen LogP contribution in [0.25, 0.3) is 0 Å². The van der Waals surface area contributed by atoms with Crippen LogP contribution in [0.2, 0.25) is 0 Å². The van der Waals surface area contributed by atoms with Crippen LogP contribution in [0.15, 0.2) is 73.2 Å². The summed E-state index contributed by atoms with van der Waals surface area (Å²) in [4.78, 5) is 23.0. The summed E-state index contributed by atoms with van der Waals surface area (Å²) in [6.07, 6.45) is 7.32. The highest BCUT2D eigenvalue weighted by Gasteiger charge is 2.27. The molecule has 1 atom stereocenters. The number of hydrogen-bond acceptors (Lipinski definition) is 4.